The second-order valence-corrected chi connectivity index (χ2v) is 5.99. The molecule has 0 spiro atoms. The van der Waals surface area contributed by atoms with Crippen LogP contribution >= 0.6 is 15.9 Å². The second kappa shape index (κ2) is 4.38. The lowest BCUT2D eigenvalue weighted by Gasteiger charge is -2.39. The summed E-state index contributed by atoms with van der Waals surface area (Å²) >= 11 is 3.64. The molecule has 1 heterocycles. The van der Waals surface area contributed by atoms with Crippen molar-refractivity contribution >= 4 is 21.6 Å². The number of halogens is 1. The lowest BCUT2D eigenvalue weighted by Crippen LogP contribution is -2.52. The predicted octanol–water partition coefficient (Wildman–Crippen LogP) is 3.08. The molecular formula is C13H19BrN2. The summed E-state index contributed by atoms with van der Waals surface area (Å²) in [5.74, 6) is 0. The van der Waals surface area contributed by atoms with Gasteiger partial charge in [-0.05, 0) is 60.3 Å². The van der Waals surface area contributed by atoms with Crippen molar-refractivity contribution in [3.05, 3.63) is 28.2 Å². The van der Waals surface area contributed by atoms with Crippen molar-refractivity contribution in [3.8, 4) is 0 Å². The van der Waals surface area contributed by atoms with E-state index < -0.39 is 0 Å². The van der Waals surface area contributed by atoms with Gasteiger partial charge in [-0.3, -0.25) is 0 Å². The molecule has 3 heteroatoms. The summed E-state index contributed by atoms with van der Waals surface area (Å²) < 4.78 is 1.17. The van der Waals surface area contributed by atoms with Crippen LogP contribution < -0.4 is 10.6 Å². The van der Waals surface area contributed by atoms with Crippen LogP contribution in [0.3, 0.4) is 0 Å². The fraction of sp³-hybridized carbons (Fsp3) is 0.538. The minimum atomic E-state index is -0.0530. The summed E-state index contributed by atoms with van der Waals surface area (Å²) in [5.41, 5.74) is 8.72. The van der Waals surface area contributed by atoms with Gasteiger partial charge in [-0.15, -0.1) is 0 Å². The first-order chi connectivity index (χ1) is 7.48. The van der Waals surface area contributed by atoms with Crippen LogP contribution in [0.5, 0.6) is 0 Å². The molecule has 2 rings (SSSR count). The smallest absolute Gasteiger partial charge is 0.0511 e. The number of nitrogens with zero attached hydrogens (tertiary/aromatic N) is 1. The molecule has 1 fully saturated rings. The molecule has 0 radical (unpaired) electrons. The Kier molecular flexibility index (Phi) is 3.27. The lowest BCUT2D eigenvalue weighted by atomic mass is 9.92. The number of hydrogen-bond donors (Lipinski definition) is 1. The van der Waals surface area contributed by atoms with Gasteiger partial charge in [0.2, 0.25) is 0 Å². The molecule has 1 aromatic carbocycles. The third-order valence-electron chi connectivity index (χ3n) is 3.17. The van der Waals surface area contributed by atoms with Crippen molar-refractivity contribution in [2.75, 3.05) is 18.0 Å². The zero-order chi connectivity index (χ0) is 11.8. The van der Waals surface area contributed by atoms with E-state index in [1.54, 1.807) is 0 Å². The molecule has 1 saturated heterocycles. The quantitative estimate of drug-likeness (QED) is 0.858. The van der Waals surface area contributed by atoms with Crippen LogP contribution in [0.1, 0.15) is 25.3 Å². The summed E-state index contributed by atoms with van der Waals surface area (Å²) in [7, 11) is 0. The van der Waals surface area contributed by atoms with E-state index in [4.69, 9.17) is 5.73 Å². The average molecular weight is 283 g/mol. The van der Waals surface area contributed by atoms with E-state index in [0.717, 1.165) is 19.5 Å². The Morgan fingerprint density at radius 3 is 2.81 bits per heavy atom. The molecule has 1 unspecified atom stereocenters. The molecule has 1 atom stereocenters. The van der Waals surface area contributed by atoms with Crippen LogP contribution in [-0.4, -0.2) is 18.6 Å². The Balaban J connectivity index is 2.23. The van der Waals surface area contributed by atoms with E-state index in [2.05, 4.69) is 52.9 Å². The van der Waals surface area contributed by atoms with Gasteiger partial charge in [-0.1, -0.05) is 6.07 Å². The summed E-state index contributed by atoms with van der Waals surface area (Å²) in [6.07, 6.45) is 2.29. The molecular weight excluding hydrogens is 264 g/mol. The normalized spacial score (nSPS) is 25.9. The molecule has 0 aromatic heterocycles. The molecule has 0 aliphatic carbocycles. The van der Waals surface area contributed by atoms with E-state index in [-0.39, 0.29) is 5.54 Å². The second-order valence-electron chi connectivity index (χ2n) is 5.13. The topological polar surface area (TPSA) is 29.3 Å². The SMILES string of the molecule is Cc1ccc(N2CCCC(C)(N)C2)c(Br)c1. The molecule has 0 saturated carbocycles. The highest BCUT2D eigenvalue weighted by Crippen LogP contribution is 2.31. The first-order valence-corrected chi connectivity index (χ1v) is 6.57. The zero-order valence-electron chi connectivity index (χ0n) is 9.96. The van der Waals surface area contributed by atoms with Gasteiger partial charge in [0.05, 0.1) is 5.69 Å². The number of hydrogen-bond acceptors (Lipinski definition) is 2. The van der Waals surface area contributed by atoms with Gasteiger partial charge < -0.3 is 10.6 Å². The van der Waals surface area contributed by atoms with Gasteiger partial charge in [0.15, 0.2) is 0 Å². The fourth-order valence-corrected chi connectivity index (χ4v) is 3.09. The van der Waals surface area contributed by atoms with Crippen molar-refractivity contribution in [2.45, 2.75) is 32.2 Å². The Labute approximate surface area is 106 Å². The van der Waals surface area contributed by atoms with Gasteiger partial charge in [0, 0.05) is 23.1 Å². The van der Waals surface area contributed by atoms with E-state index in [0.29, 0.717) is 0 Å². The standard InChI is InChI=1S/C13H19BrN2/c1-10-4-5-12(11(14)8-10)16-7-3-6-13(2,15)9-16/h4-5,8H,3,6-7,9,15H2,1-2H3. The maximum Gasteiger partial charge on any atom is 0.0511 e. The third-order valence-corrected chi connectivity index (χ3v) is 3.81. The van der Waals surface area contributed by atoms with Crippen molar-refractivity contribution in [1.82, 2.24) is 0 Å². The molecule has 2 N–H and O–H groups in total. The molecule has 2 nitrogen and oxygen atoms in total. The van der Waals surface area contributed by atoms with Crippen LogP contribution in [0.2, 0.25) is 0 Å². The minimum Gasteiger partial charge on any atom is -0.369 e. The van der Waals surface area contributed by atoms with Gasteiger partial charge in [-0.2, -0.15) is 0 Å². The number of aryl methyl sites for hydroxylation is 1. The monoisotopic (exact) mass is 282 g/mol. The van der Waals surface area contributed by atoms with Crippen molar-refractivity contribution in [2.24, 2.45) is 5.73 Å². The number of benzene rings is 1. The van der Waals surface area contributed by atoms with Crippen molar-refractivity contribution < 1.29 is 0 Å². The van der Waals surface area contributed by atoms with Crippen LogP contribution in [0.15, 0.2) is 22.7 Å². The number of nitrogens with two attached hydrogens (primary N) is 1. The average Bonchev–Trinajstić information content (AvgIpc) is 2.15. The maximum atomic E-state index is 6.23. The lowest BCUT2D eigenvalue weighted by molar-refractivity contribution is 0.374. The summed E-state index contributed by atoms with van der Waals surface area (Å²) in [6, 6.07) is 6.50. The fourth-order valence-electron chi connectivity index (χ4n) is 2.34. The zero-order valence-corrected chi connectivity index (χ0v) is 11.5. The van der Waals surface area contributed by atoms with Crippen LogP contribution in [0, 0.1) is 6.92 Å². The van der Waals surface area contributed by atoms with Gasteiger partial charge in [0.1, 0.15) is 0 Å². The van der Waals surface area contributed by atoms with Gasteiger partial charge in [-0.25, -0.2) is 0 Å². The Morgan fingerprint density at radius 2 is 2.19 bits per heavy atom. The highest BCUT2D eigenvalue weighted by atomic mass is 79.9. The summed E-state index contributed by atoms with van der Waals surface area (Å²) in [6.45, 7) is 6.29. The number of rotatable bonds is 1. The maximum absolute atomic E-state index is 6.23. The molecule has 0 amide bonds. The molecule has 1 aliphatic rings. The highest BCUT2D eigenvalue weighted by molar-refractivity contribution is 9.10. The first kappa shape index (κ1) is 11.9. The molecule has 1 aliphatic heterocycles. The Morgan fingerprint density at radius 1 is 1.44 bits per heavy atom. The Bertz CT molecular complexity index is 388. The largest absolute Gasteiger partial charge is 0.369 e. The summed E-state index contributed by atoms with van der Waals surface area (Å²) in [4.78, 5) is 2.38. The summed E-state index contributed by atoms with van der Waals surface area (Å²) in [5, 5.41) is 0. The first-order valence-electron chi connectivity index (χ1n) is 5.78. The number of anilines is 1. The molecule has 0 bridgehead atoms. The highest BCUT2D eigenvalue weighted by Gasteiger charge is 2.27. The molecule has 88 valence electrons. The van der Waals surface area contributed by atoms with Crippen LogP contribution in [-0.2, 0) is 0 Å². The van der Waals surface area contributed by atoms with E-state index >= 15 is 0 Å². The van der Waals surface area contributed by atoms with Crippen molar-refractivity contribution in [3.63, 3.8) is 0 Å². The predicted molar refractivity (Wildman–Crippen MR) is 72.9 cm³/mol. The minimum absolute atomic E-state index is 0.0530. The van der Waals surface area contributed by atoms with Gasteiger partial charge in [0.25, 0.3) is 0 Å². The van der Waals surface area contributed by atoms with Crippen molar-refractivity contribution in [1.29, 1.82) is 0 Å². The van der Waals surface area contributed by atoms with E-state index in [1.165, 1.54) is 22.1 Å². The molecule has 1 aromatic rings. The van der Waals surface area contributed by atoms with E-state index in [1.807, 2.05) is 0 Å². The number of piperidine rings is 1. The van der Waals surface area contributed by atoms with Crippen LogP contribution in [0.4, 0.5) is 5.69 Å². The van der Waals surface area contributed by atoms with Gasteiger partial charge >= 0.3 is 0 Å². The third kappa shape index (κ3) is 2.58. The van der Waals surface area contributed by atoms with Crippen LogP contribution in [0.25, 0.3) is 0 Å². The van der Waals surface area contributed by atoms with E-state index in [9.17, 15) is 0 Å². The Hall–Kier alpha value is -0.540. The molecule has 16 heavy (non-hydrogen) atoms.